The molecule has 1 aliphatic rings. The fraction of sp³-hybridized carbons (Fsp3) is 0.0500. The van der Waals surface area contributed by atoms with E-state index in [1.165, 1.54) is 38.9 Å². The molecular formula is C60H41N3O. The summed E-state index contributed by atoms with van der Waals surface area (Å²) >= 11 is 0. The highest BCUT2D eigenvalue weighted by atomic mass is 16.3. The van der Waals surface area contributed by atoms with Gasteiger partial charge in [0.15, 0.2) is 17.5 Å². The lowest BCUT2D eigenvalue weighted by atomic mass is 9.78. The zero-order valence-corrected chi connectivity index (χ0v) is 35.5. The Labute approximate surface area is 372 Å². The average Bonchev–Trinajstić information content (AvgIpc) is 3.86. The molecule has 4 nitrogen and oxygen atoms in total. The van der Waals surface area contributed by atoms with Crippen LogP contribution in [0.5, 0.6) is 0 Å². The van der Waals surface area contributed by atoms with Gasteiger partial charge in [-0.05, 0) is 103 Å². The maximum atomic E-state index is 6.63. The first kappa shape index (κ1) is 37.5. The van der Waals surface area contributed by atoms with Crippen LogP contribution in [0.1, 0.15) is 25.0 Å². The Balaban J connectivity index is 1.01. The third kappa shape index (κ3) is 6.34. The fourth-order valence-electron chi connectivity index (χ4n) is 9.83. The van der Waals surface area contributed by atoms with Crippen LogP contribution in [0.15, 0.2) is 217 Å². The first-order chi connectivity index (χ1) is 31.5. The first-order valence-corrected chi connectivity index (χ1v) is 21.8. The molecule has 0 saturated heterocycles. The topological polar surface area (TPSA) is 51.8 Å². The summed E-state index contributed by atoms with van der Waals surface area (Å²) in [5, 5.41) is 2.13. The number of hydrogen-bond donors (Lipinski definition) is 0. The summed E-state index contributed by atoms with van der Waals surface area (Å²) in [6, 6.07) is 75.0. The quantitative estimate of drug-likeness (QED) is 0.161. The molecule has 0 N–H and O–H groups in total. The van der Waals surface area contributed by atoms with E-state index in [2.05, 4.69) is 196 Å². The molecule has 2 heterocycles. The Kier molecular flexibility index (Phi) is 8.80. The molecule has 12 rings (SSSR count). The predicted octanol–water partition coefficient (Wildman–Crippen LogP) is 15.7. The van der Waals surface area contributed by atoms with Crippen molar-refractivity contribution in [3.05, 3.63) is 223 Å². The lowest BCUT2D eigenvalue weighted by Gasteiger charge is -2.25. The van der Waals surface area contributed by atoms with Crippen LogP contribution >= 0.6 is 0 Å². The SMILES string of the molecule is CC1(C)c2ccccc2-c2cccc(-c3cc(-c4ccccc4)cc(-c4nc(-c5ccccc5)nc(-c5ccc6c(c5)oc5cccc(-c7ccc(-c8ccccc8)cc7)c56)n4)c3)c21. The van der Waals surface area contributed by atoms with Gasteiger partial charge in [-0.15, -0.1) is 0 Å². The minimum Gasteiger partial charge on any atom is -0.456 e. The summed E-state index contributed by atoms with van der Waals surface area (Å²) in [5.74, 6) is 1.78. The van der Waals surface area contributed by atoms with Crippen molar-refractivity contribution < 1.29 is 4.42 Å². The van der Waals surface area contributed by atoms with Crippen molar-refractivity contribution >= 4 is 21.9 Å². The van der Waals surface area contributed by atoms with Crippen LogP contribution in [0.4, 0.5) is 0 Å². The van der Waals surface area contributed by atoms with Gasteiger partial charge in [0.05, 0.1) is 0 Å². The van der Waals surface area contributed by atoms with Crippen LogP contribution in [-0.4, -0.2) is 15.0 Å². The van der Waals surface area contributed by atoms with Crippen molar-refractivity contribution in [1.29, 1.82) is 0 Å². The number of benzene rings is 9. The number of rotatable bonds is 7. The molecule has 0 aliphatic heterocycles. The summed E-state index contributed by atoms with van der Waals surface area (Å²) in [7, 11) is 0. The highest BCUT2D eigenvalue weighted by Crippen LogP contribution is 2.52. The van der Waals surface area contributed by atoms with E-state index in [-0.39, 0.29) is 5.41 Å². The van der Waals surface area contributed by atoms with Gasteiger partial charge in [0.1, 0.15) is 11.2 Å². The van der Waals surface area contributed by atoms with Crippen molar-refractivity contribution in [3.63, 3.8) is 0 Å². The Morgan fingerprint density at radius 1 is 0.328 bits per heavy atom. The third-order valence-electron chi connectivity index (χ3n) is 12.9. The zero-order chi connectivity index (χ0) is 42.8. The molecule has 64 heavy (non-hydrogen) atoms. The Morgan fingerprint density at radius 3 is 1.56 bits per heavy atom. The number of fused-ring (bicyclic) bond motifs is 6. The molecule has 0 amide bonds. The summed E-state index contributed by atoms with van der Waals surface area (Å²) in [4.78, 5) is 15.7. The smallest absolute Gasteiger partial charge is 0.164 e. The van der Waals surface area contributed by atoms with E-state index in [0.717, 1.165) is 66.4 Å². The monoisotopic (exact) mass is 819 g/mol. The molecule has 4 heteroatoms. The molecule has 1 aliphatic carbocycles. The Morgan fingerprint density at radius 2 is 0.828 bits per heavy atom. The van der Waals surface area contributed by atoms with Crippen molar-refractivity contribution in [2.24, 2.45) is 0 Å². The summed E-state index contributed by atoms with van der Waals surface area (Å²) in [6.07, 6.45) is 0. The minimum absolute atomic E-state index is 0.185. The van der Waals surface area contributed by atoms with Crippen LogP contribution in [0, 0.1) is 0 Å². The number of nitrogens with zero attached hydrogens (tertiary/aromatic N) is 3. The summed E-state index contributed by atoms with van der Waals surface area (Å²) < 4.78 is 6.63. The van der Waals surface area contributed by atoms with Gasteiger partial charge < -0.3 is 4.42 Å². The molecule has 11 aromatic rings. The van der Waals surface area contributed by atoms with Gasteiger partial charge in [-0.25, -0.2) is 15.0 Å². The largest absolute Gasteiger partial charge is 0.456 e. The highest BCUT2D eigenvalue weighted by Gasteiger charge is 2.37. The standard InChI is InChI=1S/C60H41N3O/c1-60(2)52-26-13-12-22-49(52)50-25-14-24-48(56(50)60)45-34-44(39-18-8-4-9-19-39)35-46(36-45)59-62-57(42-20-10-5-11-21-42)61-58(63-59)43-32-33-51-54(37-43)64-53-27-15-23-47(55(51)53)41-30-28-40(29-31-41)38-16-6-3-7-17-38/h3-37H,1-2H3. The maximum Gasteiger partial charge on any atom is 0.164 e. The summed E-state index contributed by atoms with van der Waals surface area (Å²) in [6.45, 7) is 4.69. The van der Waals surface area contributed by atoms with E-state index in [9.17, 15) is 0 Å². The van der Waals surface area contributed by atoms with Crippen LogP contribution in [-0.2, 0) is 5.41 Å². The van der Waals surface area contributed by atoms with Crippen molar-refractivity contribution in [1.82, 2.24) is 15.0 Å². The second-order valence-corrected chi connectivity index (χ2v) is 17.2. The molecule has 0 spiro atoms. The van der Waals surface area contributed by atoms with Crippen LogP contribution in [0.2, 0.25) is 0 Å². The van der Waals surface area contributed by atoms with Gasteiger partial charge in [0.2, 0.25) is 0 Å². The van der Waals surface area contributed by atoms with E-state index in [0.29, 0.717) is 17.5 Å². The molecule has 0 bridgehead atoms. The van der Waals surface area contributed by atoms with E-state index in [1.807, 2.05) is 30.3 Å². The lowest BCUT2D eigenvalue weighted by molar-refractivity contribution is 0.662. The minimum atomic E-state index is -0.185. The normalized spacial score (nSPS) is 12.7. The van der Waals surface area contributed by atoms with E-state index < -0.39 is 0 Å². The van der Waals surface area contributed by atoms with Crippen molar-refractivity contribution in [2.75, 3.05) is 0 Å². The van der Waals surface area contributed by atoms with Gasteiger partial charge in [-0.1, -0.05) is 190 Å². The molecule has 0 unspecified atom stereocenters. The average molecular weight is 820 g/mol. The van der Waals surface area contributed by atoms with Crippen molar-refractivity contribution in [2.45, 2.75) is 19.3 Å². The third-order valence-corrected chi connectivity index (χ3v) is 12.9. The van der Waals surface area contributed by atoms with Crippen LogP contribution in [0.3, 0.4) is 0 Å². The van der Waals surface area contributed by atoms with E-state index in [4.69, 9.17) is 19.4 Å². The highest BCUT2D eigenvalue weighted by molar-refractivity contribution is 6.13. The van der Waals surface area contributed by atoms with Crippen molar-refractivity contribution in [3.8, 4) is 89.8 Å². The molecule has 302 valence electrons. The molecule has 0 atom stereocenters. The number of aromatic nitrogens is 3. The van der Waals surface area contributed by atoms with Gasteiger partial charge >= 0.3 is 0 Å². The van der Waals surface area contributed by atoms with E-state index >= 15 is 0 Å². The van der Waals surface area contributed by atoms with Crippen LogP contribution in [0.25, 0.3) is 112 Å². The number of hydrogen-bond acceptors (Lipinski definition) is 4. The summed E-state index contributed by atoms with van der Waals surface area (Å²) in [5.41, 5.74) is 18.6. The zero-order valence-electron chi connectivity index (χ0n) is 35.5. The molecule has 0 fully saturated rings. The molecule has 0 radical (unpaired) electrons. The van der Waals surface area contributed by atoms with Gasteiger partial charge in [0.25, 0.3) is 0 Å². The fourth-order valence-corrected chi connectivity index (χ4v) is 9.83. The predicted molar refractivity (Wildman–Crippen MR) is 263 cm³/mol. The molecule has 0 saturated carbocycles. The van der Waals surface area contributed by atoms with Crippen LogP contribution < -0.4 is 0 Å². The Bertz CT molecular complexity index is 3560. The Hall–Kier alpha value is -8.21. The second-order valence-electron chi connectivity index (χ2n) is 17.2. The molecule has 9 aromatic carbocycles. The maximum absolute atomic E-state index is 6.63. The van der Waals surface area contributed by atoms with E-state index in [1.54, 1.807) is 0 Å². The first-order valence-electron chi connectivity index (χ1n) is 21.8. The molecule has 2 aromatic heterocycles. The lowest BCUT2D eigenvalue weighted by Crippen LogP contribution is -2.16. The number of furan rings is 1. The molecular weight excluding hydrogens is 779 g/mol. The van der Waals surface area contributed by atoms with Gasteiger partial charge in [0, 0.05) is 32.9 Å². The van der Waals surface area contributed by atoms with Gasteiger partial charge in [-0.2, -0.15) is 0 Å². The second kappa shape index (κ2) is 15.0. The van der Waals surface area contributed by atoms with Gasteiger partial charge in [-0.3, -0.25) is 0 Å².